The van der Waals surface area contributed by atoms with Gasteiger partial charge in [0.1, 0.15) is 0 Å². The molecule has 1 aliphatic rings. The van der Waals surface area contributed by atoms with Crippen LogP contribution >= 0.6 is 0 Å². The quantitative estimate of drug-likeness (QED) is 0.828. The number of para-hydroxylation sites is 2. The van der Waals surface area contributed by atoms with Crippen molar-refractivity contribution in [3.63, 3.8) is 0 Å². The van der Waals surface area contributed by atoms with Crippen molar-refractivity contribution in [2.75, 3.05) is 11.4 Å². The monoisotopic (exact) mass is 271 g/mol. The summed E-state index contributed by atoms with van der Waals surface area (Å²) in [5.41, 5.74) is 1.13. The van der Waals surface area contributed by atoms with E-state index in [4.69, 9.17) is 4.74 Å². The Morgan fingerprint density at radius 3 is 2.50 bits per heavy atom. The summed E-state index contributed by atoms with van der Waals surface area (Å²) in [4.78, 5) is 2.22. The standard InChI is InChI=1S/C17H18FNO/c18-15-10-4-5-11-16(15)20-17-12-6-7-13-19(17)14-8-2-1-3-9-14/h1-5,8-11,17H,6-7,12-13H2. The second kappa shape index (κ2) is 5.95. The van der Waals surface area contributed by atoms with Crippen LogP contribution in [-0.4, -0.2) is 12.8 Å². The van der Waals surface area contributed by atoms with Gasteiger partial charge in [0.15, 0.2) is 17.8 Å². The van der Waals surface area contributed by atoms with Crippen LogP contribution in [0.25, 0.3) is 0 Å². The lowest BCUT2D eigenvalue weighted by Gasteiger charge is -2.37. The third-order valence-corrected chi connectivity index (χ3v) is 3.64. The average Bonchev–Trinajstić information content (AvgIpc) is 2.51. The highest BCUT2D eigenvalue weighted by molar-refractivity contribution is 5.47. The third-order valence-electron chi connectivity index (χ3n) is 3.64. The first-order valence-electron chi connectivity index (χ1n) is 7.07. The summed E-state index contributed by atoms with van der Waals surface area (Å²) in [6.45, 7) is 0.948. The molecule has 0 spiro atoms. The van der Waals surface area contributed by atoms with E-state index < -0.39 is 0 Å². The van der Waals surface area contributed by atoms with Gasteiger partial charge >= 0.3 is 0 Å². The Hall–Kier alpha value is -2.03. The van der Waals surface area contributed by atoms with E-state index in [-0.39, 0.29) is 12.0 Å². The molecule has 1 aliphatic heterocycles. The molecule has 104 valence electrons. The second-order valence-electron chi connectivity index (χ2n) is 5.03. The molecule has 1 saturated heterocycles. The fourth-order valence-electron chi connectivity index (χ4n) is 2.63. The van der Waals surface area contributed by atoms with E-state index in [9.17, 15) is 4.39 Å². The molecule has 1 unspecified atom stereocenters. The summed E-state index contributed by atoms with van der Waals surface area (Å²) >= 11 is 0. The largest absolute Gasteiger partial charge is 0.467 e. The predicted molar refractivity (Wildman–Crippen MR) is 78.5 cm³/mol. The number of ether oxygens (including phenoxy) is 1. The van der Waals surface area contributed by atoms with Crippen LogP contribution in [0.15, 0.2) is 54.6 Å². The van der Waals surface area contributed by atoms with Crippen LogP contribution in [0.1, 0.15) is 19.3 Å². The van der Waals surface area contributed by atoms with E-state index in [0.717, 1.165) is 31.5 Å². The molecule has 20 heavy (non-hydrogen) atoms. The van der Waals surface area contributed by atoms with Crippen molar-refractivity contribution in [1.29, 1.82) is 0 Å². The first-order valence-corrected chi connectivity index (χ1v) is 7.07. The Morgan fingerprint density at radius 2 is 1.70 bits per heavy atom. The predicted octanol–water partition coefficient (Wildman–Crippen LogP) is 4.22. The molecule has 2 aromatic rings. The Morgan fingerprint density at radius 1 is 0.950 bits per heavy atom. The maximum absolute atomic E-state index is 13.7. The summed E-state index contributed by atoms with van der Waals surface area (Å²) < 4.78 is 19.6. The van der Waals surface area contributed by atoms with E-state index in [1.54, 1.807) is 18.2 Å². The first-order chi connectivity index (χ1) is 9.84. The lowest BCUT2D eigenvalue weighted by molar-refractivity contribution is 0.158. The number of hydrogen-bond donors (Lipinski definition) is 0. The Labute approximate surface area is 118 Å². The van der Waals surface area contributed by atoms with Crippen molar-refractivity contribution < 1.29 is 9.13 Å². The number of benzene rings is 2. The Bertz CT molecular complexity index is 558. The fourth-order valence-corrected chi connectivity index (χ4v) is 2.63. The Balaban J connectivity index is 1.81. The molecule has 2 aromatic carbocycles. The van der Waals surface area contributed by atoms with Crippen LogP contribution < -0.4 is 9.64 Å². The van der Waals surface area contributed by atoms with Gasteiger partial charge in [-0.3, -0.25) is 0 Å². The SMILES string of the molecule is Fc1ccccc1OC1CCCCN1c1ccccc1. The van der Waals surface area contributed by atoms with Crippen LogP contribution in [0.4, 0.5) is 10.1 Å². The van der Waals surface area contributed by atoms with Crippen LogP contribution in [0, 0.1) is 5.82 Å². The van der Waals surface area contributed by atoms with Gasteiger partial charge in [-0.15, -0.1) is 0 Å². The molecular weight excluding hydrogens is 253 g/mol. The highest BCUT2D eigenvalue weighted by Gasteiger charge is 2.24. The van der Waals surface area contributed by atoms with Crippen molar-refractivity contribution in [1.82, 2.24) is 0 Å². The zero-order valence-corrected chi connectivity index (χ0v) is 11.3. The molecule has 0 amide bonds. The molecule has 0 aliphatic carbocycles. The molecule has 0 aromatic heterocycles. The number of hydrogen-bond acceptors (Lipinski definition) is 2. The highest BCUT2D eigenvalue weighted by Crippen LogP contribution is 2.27. The molecule has 1 atom stereocenters. The third kappa shape index (κ3) is 2.77. The van der Waals surface area contributed by atoms with E-state index in [1.165, 1.54) is 6.07 Å². The number of piperidine rings is 1. The maximum Gasteiger partial charge on any atom is 0.172 e. The van der Waals surface area contributed by atoms with E-state index in [0.29, 0.717) is 5.75 Å². The minimum Gasteiger partial charge on any atom is -0.467 e. The van der Waals surface area contributed by atoms with E-state index in [1.807, 2.05) is 18.2 Å². The summed E-state index contributed by atoms with van der Waals surface area (Å²) in [5, 5.41) is 0. The number of nitrogens with zero attached hydrogens (tertiary/aromatic N) is 1. The van der Waals surface area contributed by atoms with Crippen LogP contribution in [0.5, 0.6) is 5.75 Å². The molecule has 1 heterocycles. The molecule has 3 heteroatoms. The van der Waals surface area contributed by atoms with Crippen molar-refractivity contribution in [2.24, 2.45) is 0 Å². The van der Waals surface area contributed by atoms with Gasteiger partial charge in [0.05, 0.1) is 0 Å². The molecule has 0 bridgehead atoms. The summed E-state index contributed by atoms with van der Waals surface area (Å²) in [6, 6.07) is 16.8. The zero-order valence-electron chi connectivity index (χ0n) is 11.3. The van der Waals surface area contributed by atoms with E-state index in [2.05, 4.69) is 17.0 Å². The fraction of sp³-hybridized carbons (Fsp3) is 0.294. The van der Waals surface area contributed by atoms with Gasteiger partial charge in [0.2, 0.25) is 0 Å². The zero-order chi connectivity index (χ0) is 13.8. The van der Waals surface area contributed by atoms with Gasteiger partial charge in [-0.25, -0.2) is 4.39 Å². The molecule has 3 rings (SSSR count). The molecule has 1 fully saturated rings. The van der Waals surface area contributed by atoms with Gasteiger partial charge in [-0.1, -0.05) is 30.3 Å². The molecule has 0 radical (unpaired) electrons. The summed E-state index contributed by atoms with van der Waals surface area (Å²) in [7, 11) is 0. The summed E-state index contributed by atoms with van der Waals surface area (Å²) in [5.74, 6) is 0.0337. The van der Waals surface area contributed by atoms with Gasteiger partial charge in [0.25, 0.3) is 0 Å². The smallest absolute Gasteiger partial charge is 0.172 e. The topological polar surface area (TPSA) is 12.5 Å². The van der Waals surface area contributed by atoms with Gasteiger partial charge in [-0.2, -0.15) is 0 Å². The number of anilines is 1. The second-order valence-corrected chi connectivity index (χ2v) is 5.03. The van der Waals surface area contributed by atoms with Crippen LogP contribution in [-0.2, 0) is 0 Å². The van der Waals surface area contributed by atoms with Crippen molar-refractivity contribution in [3.05, 3.63) is 60.4 Å². The lowest BCUT2D eigenvalue weighted by Crippen LogP contribution is -2.43. The Kier molecular flexibility index (Phi) is 3.86. The highest BCUT2D eigenvalue weighted by atomic mass is 19.1. The molecule has 2 nitrogen and oxygen atoms in total. The molecular formula is C17H18FNO. The minimum atomic E-state index is -0.300. The van der Waals surface area contributed by atoms with Crippen molar-refractivity contribution >= 4 is 5.69 Å². The van der Waals surface area contributed by atoms with Gasteiger partial charge in [0, 0.05) is 18.7 Å². The number of halogens is 1. The normalized spacial score (nSPS) is 18.9. The van der Waals surface area contributed by atoms with Crippen molar-refractivity contribution in [2.45, 2.75) is 25.5 Å². The minimum absolute atomic E-state index is 0.0944. The maximum atomic E-state index is 13.7. The first kappa shape index (κ1) is 13.0. The molecule has 0 N–H and O–H groups in total. The lowest BCUT2D eigenvalue weighted by atomic mass is 10.1. The number of rotatable bonds is 3. The van der Waals surface area contributed by atoms with Crippen LogP contribution in [0.2, 0.25) is 0 Å². The average molecular weight is 271 g/mol. The van der Waals surface area contributed by atoms with Crippen molar-refractivity contribution in [3.8, 4) is 5.75 Å². The van der Waals surface area contributed by atoms with E-state index >= 15 is 0 Å². The van der Waals surface area contributed by atoms with Crippen LogP contribution in [0.3, 0.4) is 0 Å². The van der Waals surface area contributed by atoms with Gasteiger partial charge < -0.3 is 9.64 Å². The summed E-state index contributed by atoms with van der Waals surface area (Å²) in [6.07, 6.45) is 3.08. The molecule has 0 saturated carbocycles. The van der Waals surface area contributed by atoms with Gasteiger partial charge in [-0.05, 0) is 37.1 Å².